The van der Waals surface area contributed by atoms with Crippen molar-refractivity contribution in [1.82, 2.24) is 0 Å². The Morgan fingerprint density at radius 1 is 1.04 bits per heavy atom. The first kappa shape index (κ1) is 21.1. The molecule has 0 aliphatic carbocycles. The third-order valence-electron chi connectivity index (χ3n) is 4.43. The molecule has 0 aliphatic rings. The Morgan fingerprint density at radius 2 is 1.70 bits per heavy atom. The lowest BCUT2D eigenvalue weighted by atomic mass is 10.1. The van der Waals surface area contributed by atoms with E-state index in [1.165, 1.54) is 38.5 Å². The van der Waals surface area contributed by atoms with Gasteiger partial charge in [0.2, 0.25) is 5.75 Å². The van der Waals surface area contributed by atoms with Crippen LogP contribution in [0.5, 0.6) is 17.2 Å². The van der Waals surface area contributed by atoms with E-state index in [0.29, 0.717) is 17.7 Å². The molecule has 5 nitrogen and oxygen atoms in total. The summed E-state index contributed by atoms with van der Waals surface area (Å²) in [6, 6.07) is 5.03. The number of hydrogen-bond acceptors (Lipinski definition) is 5. The van der Waals surface area contributed by atoms with Crippen LogP contribution in [0.3, 0.4) is 0 Å². The molecule has 1 heterocycles. The highest BCUT2D eigenvalue weighted by atomic mass is 16.5. The molecule has 5 heteroatoms. The summed E-state index contributed by atoms with van der Waals surface area (Å²) in [5, 5.41) is 10.8. The van der Waals surface area contributed by atoms with Crippen LogP contribution in [0.25, 0.3) is 11.0 Å². The molecule has 0 saturated carbocycles. The van der Waals surface area contributed by atoms with Gasteiger partial charge in [-0.2, -0.15) is 0 Å². The van der Waals surface area contributed by atoms with Crippen molar-refractivity contribution in [3.63, 3.8) is 0 Å². The monoisotopic (exact) mass is 376 g/mol. The Morgan fingerprint density at radius 3 is 2.37 bits per heavy atom. The van der Waals surface area contributed by atoms with E-state index >= 15 is 0 Å². The lowest BCUT2D eigenvalue weighted by Gasteiger charge is -2.11. The predicted molar refractivity (Wildman–Crippen MR) is 108 cm³/mol. The van der Waals surface area contributed by atoms with Crippen molar-refractivity contribution in [2.45, 2.75) is 78.2 Å². The van der Waals surface area contributed by atoms with Gasteiger partial charge in [0.1, 0.15) is 11.3 Å². The molecule has 1 aromatic heterocycles. The number of hydrogen-bond donors (Lipinski definition) is 1. The van der Waals surface area contributed by atoms with Crippen LogP contribution < -0.4 is 15.1 Å². The van der Waals surface area contributed by atoms with E-state index < -0.39 is 5.63 Å². The second kappa shape index (κ2) is 10.9. The molecule has 27 heavy (non-hydrogen) atoms. The number of unbranched alkanes of at least 4 members (excludes halogenated alkanes) is 7. The maximum absolute atomic E-state index is 12.2. The fourth-order valence-corrected chi connectivity index (χ4v) is 3.03. The summed E-state index contributed by atoms with van der Waals surface area (Å²) in [7, 11) is 0. The Labute approximate surface area is 161 Å². The highest BCUT2D eigenvalue weighted by Crippen LogP contribution is 2.33. The highest BCUT2D eigenvalue weighted by Gasteiger charge is 2.16. The van der Waals surface area contributed by atoms with E-state index in [9.17, 15) is 9.90 Å². The van der Waals surface area contributed by atoms with E-state index in [0.717, 1.165) is 12.8 Å². The Bertz CT molecular complexity index is 763. The van der Waals surface area contributed by atoms with Crippen LogP contribution in [-0.4, -0.2) is 17.8 Å². The predicted octanol–water partition coefficient (Wildman–Crippen LogP) is 5.81. The fraction of sp³-hybridized carbons (Fsp3) is 0.591. The van der Waals surface area contributed by atoms with Gasteiger partial charge in [0.05, 0.1) is 18.1 Å². The van der Waals surface area contributed by atoms with Crippen LogP contribution in [-0.2, 0) is 0 Å². The molecule has 2 rings (SSSR count). The largest absolute Gasteiger partial charge is 0.504 e. The first-order valence-corrected chi connectivity index (χ1v) is 10.1. The lowest BCUT2D eigenvalue weighted by molar-refractivity contribution is 0.242. The topological polar surface area (TPSA) is 68.9 Å². The summed E-state index contributed by atoms with van der Waals surface area (Å²) >= 11 is 0. The number of fused-ring (bicyclic) bond motifs is 1. The van der Waals surface area contributed by atoms with Gasteiger partial charge in [-0.05, 0) is 32.4 Å². The normalized spacial score (nSPS) is 11.3. The summed E-state index contributed by atoms with van der Waals surface area (Å²) in [4.78, 5) is 12.2. The van der Waals surface area contributed by atoms with Gasteiger partial charge in [0, 0.05) is 6.07 Å². The molecule has 0 amide bonds. The molecular weight excluding hydrogens is 344 g/mol. The molecule has 0 fully saturated rings. The molecule has 1 N–H and O–H groups in total. The van der Waals surface area contributed by atoms with Gasteiger partial charge in [-0.1, -0.05) is 51.9 Å². The molecule has 1 aromatic carbocycles. The maximum atomic E-state index is 12.2. The maximum Gasteiger partial charge on any atom is 0.383 e. The molecule has 0 saturated heterocycles. The van der Waals surface area contributed by atoms with Crippen LogP contribution in [0, 0.1) is 0 Å². The van der Waals surface area contributed by atoms with Crippen LogP contribution in [0.15, 0.2) is 27.4 Å². The molecule has 0 aliphatic heterocycles. The summed E-state index contributed by atoms with van der Waals surface area (Å²) in [6.45, 7) is 6.45. The average Bonchev–Trinajstić information content (AvgIpc) is 2.62. The van der Waals surface area contributed by atoms with Crippen molar-refractivity contribution >= 4 is 11.0 Å². The number of rotatable bonds is 12. The van der Waals surface area contributed by atoms with E-state index in [2.05, 4.69) is 6.92 Å². The summed E-state index contributed by atoms with van der Waals surface area (Å²) in [6.07, 6.45) is 9.50. The molecule has 0 radical (unpaired) electrons. The summed E-state index contributed by atoms with van der Waals surface area (Å²) < 4.78 is 16.4. The van der Waals surface area contributed by atoms with Gasteiger partial charge in [0.25, 0.3) is 0 Å². The first-order chi connectivity index (χ1) is 13.0. The third-order valence-corrected chi connectivity index (χ3v) is 4.43. The van der Waals surface area contributed by atoms with Crippen molar-refractivity contribution in [3.8, 4) is 17.2 Å². The highest BCUT2D eigenvalue weighted by molar-refractivity contribution is 5.86. The lowest BCUT2D eigenvalue weighted by Crippen LogP contribution is -2.09. The van der Waals surface area contributed by atoms with E-state index in [-0.39, 0.29) is 23.2 Å². The minimum Gasteiger partial charge on any atom is -0.504 e. The minimum atomic E-state index is -0.665. The zero-order valence-electron chi connectivity index (χ0n) is 16.8. The van der Waals surface area contributed by atoms with Crippen molar-refractivity contribution in [2.24, 2.45) is 0 Å². The van der Waals surface area contributed by atoms with Crippen LogP contribution in [0.2, 0.25) is 0 Å². The number of benzene rings is 1. The van der Waals surface area contributed by atoms with Gasteiger partial charge in [-0.3, -0.25) is 0 Å². The van der Waals surface area contributed by atoms with Crippen molar-refractivity contribution in [3.05, 3.63) is 28.6 Å². The average molecular weight is 376 g/mol. The Kier molecular flexibility index (Phi) is 8.49. The molecule has 0 spiro atoms. The second-order valence-corrected chi connectivity index (χ2v) is 7.22. The van der Waals surface area contributed by atoms with E-state index in [1.807, 2.05) is 13.8 Å². The van der Waals surface area contributed by atoms with Gasteiger partial charge in [-0.15, -0.1) is 0 Å². The second-order valence-electron chi connectivity index (χ2n) is 7.22. The summed E-state index contributed by atoms with van der Waals surface area (Å²) in [5.41, 5.74) is -0.378. The van der Waals surface area contributed by atoms with Gasteiger partial charge in [-0.25, -0.2) is 4.79 Å². The van der Waals surface area contributed by atoms with E-state index in [1.54, 1.807) is 18.2 Å². The van der Waals surface area contributed by atoms with E-state index in [4.69, 9.17) is 13.9 Å². The zero-order chi connectivity index (χ0) is 19.6. The van der Waals surface area contributed by atoms with Crippen LogP contribution in [0.4, 0.5) is 0 Å². The van der Waals surface area contributed by atoms with Gasteiger partial charge in [0.15, 0.2) is 5.75 Å². The number of ether oxygens (including phenoxy) is 2. The molecule has 150 valence electrons. The van der Waals surface area contributed by atoms with Gasteiger partial charge < -0.3 is 19.0 Å². The summed E-state index contributed by atoms with van der Waals surface area (Å²) in [5.74, 6) is 0.313. The Hall–Kier alpha value is -2.17. The van der Waals surface area contributed by atoms with Crippen molar-refractivity contribution < 1.29 is 19.0 Å². The number of aromatic hydroxyl groups is 1. The van der Waals surface area contributed by atoms with Crippen LogP contribution >= 0.6 is 0 Å². The minimum absolute atomic E-state index is 0.0111. The molecular formula is C22H32O5. The molecule has 0 bridgehead atoms. The Balaban J connectivity index is 1.90. The van der Waals surface area contributed by atoms with Gasteiger partial charge >= 0.3 is 5.63 Å². The molecule has 0 unspecified atom stereocenters. The van der Waals surface area contributed by atoms with Crippen molar-refractivity contribution in [1.29, 1.82) is 0 Å². The quantitative estimate of drug-likeness (QED) is 0.374. The molecule has 2 aromatic rings. The smallest absolute Gasteiger partial charge is 0.383 e. The SMILES string of the molecule is CCCCCCCCCCOc1c(O)c2ccc(OC(C)C)cc2oc1=O. The fourth-order valence-electron chi connectivity index (χ4n) is 3.03. The third kappa shape index (κ3) is 6.49. The first-order valence-electron chi connectivity index (χ1n) is 10.1. The van der Waals surface area contributed by atoms with Crippen molar-refractivity contribution in [2.75, 3.05) is 6.61 Å². The van der Waals surface area contributed by atoms with Crippen LogP contribution in [0.1, 0.15) is 72.1 Å². The zero-order valence-corrected chi connectivity index (χ0v) is 16.8. The molecule has 0 atom stereocenters. The standard InChI is InChI=1S/C22H32O5/c1-4-5-6-7-8-9-10-11-14-25-21-20(23)18-13-12-17(26-16(2)3)15-19(18)27-22(21)24/h12-13,15-16,23H,4-11,14H2,1-3H3.